The normalized spacial score (nSPS) is 12.5. The highest BCUT2D eigenvalue weighted by Gasteiger charge is 2.34. The highest BCUT2D eigenvalue weighted by atomic mass is 32.2. The number of amides is 2. The van der Waals surface area contributed by atoms with Crippen LogP contribution in [0.2, 0.25) is 0 Å². The minimum atomic E-state index is -4.17. The number of hydrogen-bond acceptors (Lipinski definition) is 8. The maximum atomic E-state index is 14.3. The van der Waals surface area contributed by atoms with Gasteiger partial charge in [0.15, 0.2) is 0 Å². The zero-order valence-corrected chi connectivity index (χ0v) is 26.2. The Morgan fingerprint density at radius 3 is 2.25 bits per heavy atom. The number of carbonyl (C=O) groups is 2. The number of rotatable bonds is 15. The number of ether oxygens (including phenoxy) is 2. The van der Waals surface area contributed by atoms with Gasteiger partial charge in [-0.1, -0.05) is 49.4 Å². The van der Waals surface area contributed by atoms with Gasteiger partial charge >= 0.3 is 0 Å². The molecular formula is C31H38N4O8S. The van der Waals surface area contributed by atoms with Crippen molar-refractivity contribution < 1.29 is 32.4 Å². The molecule has 44 heavy (non-hydrogen) atoms. The number of non-ortho nitro benzene ring substituents is 1. The lowest BCUT2D eigenvalue weighted by molar-refractivity contribution is -0.384. The Balaban J connectivity index is 2.15. The van der Waals surface area contributed by atoms with E-state index < -0.39 is 39.3 Å². The zero-order valence-electron chi connectivity index (χ0n) is 25.4. The second-order valence-electron chi connectivity index (χ2n) is 10.3. The van der Waals surface area contributed by atoms with Gasteiger partial charge in [-0.15, -0.1) is 0 Å². The number of nitro benzene ring substituents is 1. The molecule has 0 saturated heterocycles. The van der Waals surface area contributed by atoms with E-state index in [1.807, 2.05) is 44.2 Å². The predicted molar refractivity (Wildman–Crippen MR) is 167 cm³/mol. The number of hydrogen-bond donors (Lipinski definition) is 1. The first-order valence-electron chi connectivity index (χ1n) is 13.9. The lowest BCUT2D eigenvalue weighted by Gasteiger charge is -2.34. The highest BCUT2D eigenvalue weighted by molar-refractivity contribution is 7.92. The van der Waals surface area contributed by atoms with E-state index in [0.717, 1.165) is 22.2 Å². The minimum Gasteiger partial charge on any atom is -0.497 e. The largest absolute Gasteiger partial charge is 0.497 e. The SMILES string of the molecule is CC[C@H](C)NC(=O)[C@@H](Cc1ccccc1)N(Cc1cccc(OC)c1)C(=O)CN(c1cc([N+](=O)[O-])ccc1OC)S(C)(=O)=O. The van der Waals surface area contributed by atoms with Gasteiger partial charge in [0, 0.05) is 31.1 Å². The Kier molecular flexibility index (Phi) is 11.7. The van der Waals surface area contributed by atoms with Crippen LogP contribution in [-0.4, -0.2) is 69.2 Å². The van der Waals surface area contributed by atoms with Crippen molar-refractivity contribution >= 4 is 33.2 Å². The smallest absolute Gasteiger partial charge is 0.271 e. The van der Waals surface area contributed by atoms with Crippen LogP contribution in [0.4, 0.5) is 11.4 Å². The number of sulfonamides is 1. The number of anilines is 1. The molecule has 1 N–H and O–H groups in total. The first kappa shape index (κ1) is 33.8. The maximum absolute atomic E-state index is 14.3. The molecule has 2 atom stereocenters. The van der Waals surface area contributed by atoms with Crippen molar-refractivity contribution in [1.29, 1.82) is 0 Å². The third kappa shape index (κ3) is 8.93. The molecule has 12 nitrogen and oxygen atoms in total. The molecule has 0 heterocycles. The van der Waals surface area contributed by atoms with E-state index in [1.165, 1.54) is 31.3 Å². The van der Waals surface area contributed by atoms with E-state index >= 15 is 0 Å². The molecule has 3 aromatic carbocycles. The van der Waals surface area contributed by atoms with Crippen LogP contribution >= 0.6 is 0 Å². The molecule has 13 heteroatoms. The van der Waals surface area contributed by atoms with E-state index in [9.17, 15) is 28.1 Å². The molecule has 0 bridgehead atoms. The molecule has 3 rings (SSSR count). The predicted octanol–water partition coefficient (Wildman–Crippen LogP) is 3.93. The molecular weight excluding hydrogens is 588 g/mol. The maximum Gasteiger partial charge on any atom is 0.271 e. The van der Waals surface area contributed by atoms with Crippen molar-refractivity contribution in [1.82, 2.24) is 10.2 Å². The van der Waals surface area contributed by atoms with Crippen molar-refractivity contribution in [3.8, 4) is 11.5 Å². The van der Waals surface area contributed by atoms with Crippen molar-refractivity contribution in [2.24, 2.45) is 0 Å². The van der Waals surface area contributed by atoms with Gasteiger partial charge in [0.05, 0.1) is 25.4 Å². The zero-order chi connectivity index (χ0) is 32.4. The molecule has 0 radical (unpaired) electrons. The van der Waals surface area contributed by atoms with Gasteiger partial charge in [0.2, 0.25) is 21.8 Å². The van der Waals surface area contributed by atoms with Gasteiger partial charge in [-0.05, 0) is 42.7 Å². The summed E-state index contributed by atoms with van der Waals surface area (Å²) in [6.45, 7) is 2.98. The van der Waals surface area contributed by atoms with Crippen LogP contribution in [0.1, 0.15) is 31.4 Å². The quantitative estimate of drug-likeness (QED) is 0.197. The topological polar surface area (TPSA) is 148 Å². The summed E-state index contributed by atoms with van der Waals surface area (Å²) in [7, 11) is -1.37. The van der Waals surface area contributed by atoms with Crippen LogP contribution in [0, 0.1) is 10.1 Å². The number of nitrogens with one attached hydrogen (secondary N) is 1. The first-order chi connectivity index (χ1) is 20.9. The number of methoxy groups -OCH3 is 2. The Morgan fingerprint density at radius 1 is 0.977 bits per heavy atom. The van der Waals surface area contributed by atoms with Crippen LogP contribution in [0.15, 0.2) is 72.8 Å². The van der Waals surface area contributed by atoms with Crippen LogP contribution in [0.25, 0.3) is 0 Å². The molecule has 0 aromatic heterocycles. The lowest BCUT2D eigenvalue weighted by Crippen LogP contribution is -2.54. The van der Waals surface area contributed by atoms with Crippen molar-refractivity contribution in [2.45, 2.75) is 45.3 Å². The second kappa shape index (κ2) is 15.2. The lowest BCUT2D eigenvalue weighted by atomic mass is 10.0. The molecule has 3 aromatic rings. The van der Waals surface area contributed by atoms with E-state index in [2.05, 4.69) is 5.32 Å². The fourth-order valence-electron chi connectivity index (χ4n) is 4.54. The molecule has 0 aliphatic carbocycles. The van der Waals surface area contributed by atoms with Gasteiger partial charge < -0.3 is 19.7 Å². The highest BCUT2D eigenvalue weighted by Crippen LogP contribution is 2.34. The molecule has 0 saturated carbocycles. The van der Waals surface area contributed by atoms with Gasteiger partial charge in [0.1, 0.15) is 29.8 Å². The summed E-state index contributed by atoms with van der Waals surface area (Å²) in [4.78, 5) is 40.3. The summed E-state index contributed by atoms with van der Waals surface area (Å²) in [5, 5.41) is 14.5. The molecule has 0 spiro atoms. The molecule has 2 amide bonds. The van der Waals surface area contributed by atoms with Gasteiger partial charge in [-0.2, -0.15) is 0 Å². The summed E-state index contributed by atoms with van der Waals surface area (Å²) < 4.78 is 37.6. The van der Waals surface area contributed by atoms with E-state index in [4.69, 9.17) is 9.47 Å². The molecule has 0 aliphatic heterocycles. The van der Waals surface area contributed by atoms with Crippen LogP contribution in [0.3, 0.4) is 0 Å². The Morgan fingerprint density at radius 2 is 1.66 bits per heavy atom. The fourth-order valence-corrected chi connectivity index (χ4v) is 5.39. The van der Waals surface area contributed by atoms with Crippen LogP contribution < -0.4 is 19.1 Å². The second-order valence-corrected chi connectivity index (χ2v) is 12.2. The Bertz CT molecular complexity index is 1570. The summed E-state index contributed by atoms with van der Waals surface area (Å²) in [6.07, 6.45) is 1.70. The van der Waals surface area contributed by atoms with Crippen molar-refractivity contribution in [3.63, 3.8) is 0 Å². The van der Waals surface area contributed by atoms with E-state index in [-0.39, 0.29) is 36.1 Å². The monoisotopic (exact) mass is 626 g/mol. The number of nitrogens with zero attached hydrogens (tertiary/aromatic N) is 3. The molecule has 0 unspecified atom stereocenters. The summed E-state index contributed by atoms with van der Waals surface area (Å²) in [5.74, 6) is -0.550. The third-order valence-electron chi connectivity index (χ3n) is 7.08. The summed E-state index contributed by atoms with van der Waals surface area (Å²) >= 11 is 0. The van der Waals surface area contributed by atoms with Crippen molar-refractivity contribution in [3.05, 3.63) is 94.0 Å². The number of benzene rings is 3. The molecule has 236 valence electrons. The standard InChI is InChI=1S/C31H38N4O8S/c1-6-22(2)32-31(37)28(18-23-11-8-7-9-12-23)33(20-24-13-10-14-26(17-24)42-3)30(36)21-34(44(5,40)41)27-19-25(35(38)39)15-16-29(27)43-4/h7-17,19,22,28H,6,18,20-21H2,1-5H3,(H,32,37)/t22-,28+/m0/s1. The van der Waals surface area contributed by atoms with E-state index in [1.54, 1.807) is 24.3 Å². The molecule has 0 fully saturated rings. The summed E-state index contributed by atoms with van der Waals surface area (Å²) in [5.41, 5.74) is 0.874. The fraction of sp³-hybridized carbons (Fsp3) is 0.355. The molecule has 0 aliphatic rings. The van der Waals surface area contributed by atoms with Gasteiger partial charge in [-0.25, -0.2) is 8.42 Å². The average molecular weight is 627 g/mol. The Hall–Kier alpha value is -4.65. The third-order valence-corrected chi connectivity index (χ3v) is 8.21. The summed E-state index contributed by atoms with van der Waals surface area (Å²) in [6, 6.07) is 18.4. The first-order valence-corrected chi connectivity index (χ1v) is 15.8. The number of carbonyl (C=O) groups excluding carboxylic acids is 2. The Labute approximate surface area is 257 Å². The van der Waals surface area contributed by atoms with Crippen molar-refractivity contribution in [2.75, 3.05) is 31.3 Å². The minimum absolute atomic E-state index is 0.0171. The van der Waals surface area contributed by atoms with Gasteiger partial charge in [0.25, 0.3) is 5.69 Å². The van der Waals surface area contributed by atoms with E-state index in [0.29, 0.717) is 17.7 Å². The van der Waals surface area contributed by atoms with Gasteiger partial charge in [-0.3, -0.25) is 24.0 Å². The average Bonchev–Trinajstić information content (AvgIpc) is 3.00. The van der Waals surface area contributed by atoms with Crippen LogP contribution in [-0.2, 0) is 32.6 Å². The number of nitro groups is 1. The van der Waals surface area contributed by atoms with Crippen LogP contribution in [0.5, 0.6) is 11.5 Å².